The molecular weight excluding hydrogens is 446 g/mol. The number of ether oxygens (including phenoxy) is 3. The molecule has 2 amide bonds. The summed E-state index contributed by atoms with van der Waals surface area (Å²) in [6.07, 6.45) is 4.29. The molecule has 35 heavy (non-hydrogen) atoms. The van der Waals surface area contributed by atoms with Crippen LogP contribution in [0, 0.1) is 0 Å². The molecule has 0 bridgehead atoms. The van der Waals surface area contributed by atoms with Crippen LogP contribution >= 0.6 is 0 Å². The first kappa shape index (κ1) is 24.8. The highest BCUT2D eigenvalue weighted by Gasteiger charge is 2.23. The summed E-state index contributed by atoms with van der Waals surface area (Å²) >= 11 is 0. The van der Waals surface area contributed by atoms with Gasteiger partial charge < -0.3 is 24.0 Å². The second-order valence-electron chi connectivity index (χ2n) is 8.55. The maximum absolute atomic E-state index is 13.1. The van der Waals surface area contributed by atoms with Crippen molar-refractivity contribution in [3.05, 3.63) is 65.7 Å². The minimum absolute atomic E-state index is 0.0290. The van der Waals surface area contributed by atoms with E-state index in [2.05, 4.69) is 29.2 Å². The molecule has 0 aromatic heterocycles. The van der Waals surface area contributed by atoms with E-state index >= 15 is 0 Å². The number of hydrogen-bond acceptors (Lipinski definition) is 6. The van der Waals surface area contributed by atoms with Crippen LogP contribution in [0.2, 0.25) is 0 Å². The van der Waals surface area contributed by atoms with Crippen molar-refractivity contribution < 1.29 is 23.8 Å². The Morgan fingerprint density at radius 1 is 0.914 bits per heavy atom. The third-order valence-electron chi connectivity index (χ3n) is 6.26. The quantitative estimate of drug-likeness (QED) is 0.579. The number of morpholine rings is 1. The highest BCUT2D eigenvalue weighted by atomic mass is 16.5. The lowest BCUT2D eigenvalue weighted by atomic mass is 10.1. The molecule has 186 valence electrons. The van der Waals surface area contributed by atoms with E-state index in [9.17, 15) is 9.59 Å². The Bertz CT molecular complexity index is 1010. The van der Waals surface area contributed by atoms with Crippen molar-refractivity contribution in [1.82, 2.24) is 14.7 Å². The topological polar surface area (TPSA) is 71.6 Å². The molecule has 0 radical (unpaired) electrons. The van der Waals surface area contributed by atoms with Gasteiger partial charge in [0.15, 0.2) is 18.1 Å². The van der Waals surface area contributed by atoms with Crippen LogP contribution in [0.1, 0.15) is 15.9 Å². The number of piperazine rings is 1. The van der Waals surface area contributed by atoms with Gasteiger partial charge >= 0.3 is 0 Å². The smallest absolute Gasteiger partial charge is 0.260 e. The van der Waals surface area contributed by atoms with E-state index in [0.29, 0.717) is 56.5 Å². The molecule has 2 heterocycles. The molecule has 0 atom stereocenters. The molecule has 2 aliphatic rings. The van der Waals surface area contributed by atoms with E-state index in [4.69, 9.17) is 14.2 Å². The SMILES string of the molecule is COc1cc(C(=O)N2CCN(CC=Cc3ccccc3)CC2)ccc1OCC(=O)N1CCOCC1. The monoisotopic (exact) mass is 479 g/mol. The number of rotatable bonds is 8. The lowest BCUT2D eigenvalue weighted by Gasteiger charge is -2.34. The summed E-state index contributed by atoms with van der Waals surface area (Å²) < 4.78 is 16.4. The number of carbonyl (C=O) groups excluding carboxylic acids is 2. The molecule has 0 saturated carbocycles. The predicted molar refractivity (Wildman–Crippen MR) is 134 cm³/mol. The molecule has 0 unspecified atom stereocenters. The Kier molecular flexibility index (Phi) is 8.75. The van der Waals surface area contributed by atoms with Crippen LogP contribution < -0.4 is 9.47 Å². The summed E-state index contributed by atoms with van der Waals surface area (Å²) in [6, 6.07) is 15.4. The number of hydrogen-bond donors (Lipinski definition) is 0. The Morgan fingerprint density at radius 3 is 2.37 bits per heavy atom. The standard InChI is InChI=1S/C27H33N3O5/c1-33-25-20-23(9-10-24(25)35-21-26(31)29-16-18-34-19-17-29)27(32)30-14-12-28(13-15-30)11-5-8-22-6-3-2-4-7-22/h2-10,20H,11-19,21H2,1H3. The van der Waals surface area contributed by atoms with Gasteiger partial charge in [-0.3, -0.25) is 14.5 Å². The summed E-state index contributed by atoms with van der Waals surface area (Å²) in [4.78, 5) is 31.4. The lowest BCUT2D eigenvalue weighted by molar-refractivity contribution is -0.137. The Labute approximate surface area is 206 Å². The van der Waals surface area contributed by atoms with Gasteiger partial charge in [-0.2, -0.15) is 0 Å². The predicted octanol–water partition coefficient (Wildman–Crippen LogP) is 2.40. The second-order valence-corrected chi connectivity index (χ2v) is 8.55. The fourth-order valence-corrected chi connectivity index (χ4v) is 4.18. The second kappa shape index (κ2) is 12.4. The summed E-state index contributed by atoms with van der Waals surface area (Å²) in [7, 11) is 1.53. The normalized spacial score (nSPS) is 16.9. The molecule has 0 spiro atoms. The molecule has 2 aliphatic heterocycles. The van der Waals surface area contributed by atoms with E-state index in [1.54, 1.807) is 23.1 Å². The molecule has 2 saturated heterocycles. The summed E-state index contributed by atoms with van der Waals surface area (Å²) in [6.45, 7) is 6.02. The number of amides is 2. The fourth-order valence-electron chi connectivity index (χ4n) is 4.18. The molecule has 8 nitrogen and oxygen atoms in total. The Balaban J connectivity index is 1.27. The van der Waals surface area contributed by atoms with Crippen LogP contribution in [-0.4, -0.2) is 99.3 Å². The lowest BCUT2D eigenvalue weighted by Crippen LogP contribution is -2.48. The molecule has 0 N–H and O–H groups in total. The molecule has 4 rings (SSSR count). The van der Waals surface area contributed by atoms with Crippen LogP contribution in [0.3, 0.4) is 0 Å². The maximum atomic E-state index is 13.1. The van der Waals surface area contributed by atoms with Gasteiger partial charge in [-0.25, -0.2) is 0 Å². The zero-order chi connectivity index (χ0) is 24.5. The van der Waals surface area contributed by atoms with Crippen molar-refractivity contribution in [1.29, 1.82) is 0 Å². The van der Waals surface area contributed by atoms with Gasteiger partial charge in [0.1, 0.15) is 0 Å². The molecule has 2 fully saturated rings. The Hall–Kier alpha value is -3.36. The van der Waals surface area contributed by atoms with Crippen LogP contribution in [-0.2, 0) is 9.53 Å². The van der Waals surface area contributed by atoms with Crippen LogP contribution in [0.4, 0.5) is 0 Å². The fraction of sp³-hybridized carbons (Fsp3) is 0.407. The first-order valence-corrected chi connectivity index (χ1v) is 12.0. The maximum Gasteiger partial charge on any atom is 0.260 e. The number of benzene rings is 2. The number of nitrogens with zero attached hydrogens (tertiary/aromatic N) is 3. The van der Waals surface area contributed by atoms with Crippen molar-refractivity contribution in [3.8, 4) is 11.5 Å². The molecular formula is C27H33N3O5. The van der Waals surface area contributed by atoms with Gasteiger partial charge in [0, 0.05) is 51.4 Å². The third-order valence-corrected chi connectivity index (χ3v) is 6.26. The van der Waals surface area contributed by atoms with Crippen LogP contribution in [0.25, 0.3) is 6.08 Å². The molecule has 8 heteroatoms. The minimum atomic E-state index is -0.0907. The first-order valence-electron chi connectivity index (χ1n) is 12.0. The van der Waals surface area contributed by atoms with E-state index < -0.39 is 0 Å². The largest absolute Gasteiger partial charge is 0.493 e. The summed E-state index contributed by atoms with van der Waals surface area (Å²) in [5.41, 5.74) is 1.74. The van der Waals surface area contributed by atoms with E-state index in [1.165, 1.54) is 12.7 Å². The van der Waals surface area contributed by atoms with Crippen molar-refractivity contribution in [2.75, 3.05) is 72.7 Å². The first-order chi connectivity index (χ1) is 17.1. The summed E-state index contributed by atoms with van der Waals surface area (Å²) in [5, 5.41) is 0. The van der Waals surface area contributed by atoms with E-state index in [1.807, 2.05) is 23.1 Å². The van der Waals surface area contributed by atoms with Gasteiger partial charge in [0.2, 0.25) is 0 Å². The number of carbonyl (C=O) groups is 2. The third kappa shape index (κ3) is 6.83. The van der Waals surface area contributed by atoms with Crippen molar-refractivity contribution in [2.24, 2.45) is 0 Å². The van der Waals surface area contributed by atoms with Gasteiger partial charge in [0.05, 0.1) is 20.3 Å². The Morgan fingerprint density at radius 2 is 1.66 bits per heavy atom. The minimum Gasteiger partial charge on any atom is -0.493 e. The zero-order valence-electron chi connectivity index (χ0n) is 20.2. The van der Waals surface area contributed by atoms with Gasteiger partial charge in [-0.1, -0.05) is 42.5 Å². The van der Waals surface area contributed by atoms with Gasteiger partial charge in [-0.15, -0.1) is 0 Å². The average Bonchev–Trinajstić information content (AvgIpc) is 2.92. The van der Waals surface area contributed by atoms with Crippen molar-refractivity contribution in [3.63, 3.8) is 0 Å². The molecule has 0 aliphatic carbocycles. The summed E-state index contributed by atoms with van der Waals surface area (Å²) in [5.74, 6) is 0.765. The van der Waals surface area contributed by atoms with Crippen molar-refractivity contribution >= 4 is 17.9 Å². The van der Waals surface area contributed by atoms with Crippen molar-refractivity contribution in [2.45, 2.75) is 0 Å². The van der Waals surface area contributed by atoms with E-state index in [0.717, 1.165) is 19.6 Å². The average molecular weight is 480 g/mol. The highest BCUT2D eigenvalue weighted by molar-refractivity contribution is 5.95. The van der Waals surface area contributed by atoms with Gasteiger partial charge in [-0.05, 0) is 23.8 Å². The van der Waals surface area contributed by atoms with E-state index in [-0.39, 0.29) is 18.4 Å². The molecule has 2 aromatic carbocycles. The van der Waals surface area contributed by atoms with Crippen LogP contribution in [0.15, 0.2) is 54.6 Å². The van der Waals surface area contributed by atoms with Crippen LogP contribution in [0.5, 0.6) is 11.5 Å². The highest BCUT2D eigenvalue weighted by Crippen LogP contribution is 2.29. The number of methoxy groups -OCH3 is 1. The van der Waals surface area contributed by atoms with Gasteiger partial charge in [0.25, 0.3) is 11.8 Å². The zero-order valence-corrected chi connectivity index (χ0v) is 20.2. The molecule has 2 aromatic rings.